The number of ether oxygens (including phenoxy) is 4. The summed E-state index contributed by atoms with van der Waals surface area (Å²) in [6, 6.07) is 0. The van der Waals surface area contributed by atoms with Crippen molar-refractivity contribution in [3.05, 3.63) is 12.3 Å². The van der Waals surface area contributed by atoms with E-state index in [1.165, 1.54) is 19.9 Å². The second-order valence-electron chi connectivity index (χ2n) is 7.63. The Morgan fingerprint density at radius 3 is 2.46 bits per heavy atom. The van der Waals surface area contributed by atoms with Gasteiger partial charge in [0.2, 0.25) is 6.29 Å². The highest BCUT2D eigenvalue weighted by Gasteiger charge is 2.66. The molecular formula is C17H26O11. The largest absolute Gasteiger partial charge is 0.472 e. The molecule has 10 atom stereocenters. The Labute approximate surface area is 160 Å². The first-order valence-corrected chi connectivity index (χ1v) is 8.92. The maximum Gasteiger partial charge on any atom is 0.303 e. The maximum atomic E-state index is 11.6. The molecule has 3 aliphatic rings. The number of aliphatic hydroxyl groups is 6. The van der Waals surface area contributed by atoms with Gasteiger partial charge in [-0.3, -0.25) is 4.79 Å². The van der Waals surface area contributed by atoms with E-state index in [0.717, 1.165) is 6.26 Å². The van der Waals surface area contributed by atoms with E-state index in [2.05, 4.69) is 0 Å². The molecule has 2 fully saturated rings. The van der Waals surface area contributed by atoms with Gasteiger partial charge in [0.25, 0.3) is 0 Å². The van der Waals surface area contributed by atoms with E-state index >= 15 is 0 Å². The maximum absolute atomic E-state index is 11.6. The summed E-state index contributed by atoms with van der Waals surface area (Å²) >= 11 is 0. The van der Waals surface area contributed by atoms with Crippen LogP contribution in [-0.4, -0.2) is 97.5 Å². The summed E-state index contributed by atoms with van der Waals surface area (Å²) < 4.78 is 21.7. The van der Waals surface area contributed by atoms with Crippen LogP contribution in [0.15, 0.2) is 12.3 Å². The molecule has 2 heterocycles. The topological polar surface area (TPSA) is 175 Å². The van der Waals surface area contributed by atoms with E-state index in [9.17, 15) is 35.4 Å². The van der Waals surface area contributed by atoms with Crippen LogP contribution in [0.25, 0.3) is 0 Å². The van der Waals surface area contributed by atoms with E-state index in [1.54, 1.807) is 0 Å². The Bertz CT molecular complexity index is 624. The molecule has 0 aromatic carbocycles. The average Bonchev–Trinajstić information content (AvgIpc) is 2.81. The number of carbonyl (C=O) groups excluding carboxylic acids is 1. The molecule has 2 unspecified atom stereocenters. The number of esters is 1. The van der Waals surface area contributed by atoms with Gasteiger partial charge in [-0.1, -0.05) is 0 Å². The normalized spacial score (nSPS) is 50.7. The molecule has 6 N–H and O–H groups in total. The van der Waals surface area contributed by atoms with Gasteiger partial charge in [0.1, 0.15) is 35.6 Å². The lowest BCUT2D eigenvalue weighted by Crippen LogP contribution is -2.62. The minimum Gasteiger partial charge on any atom is -0.472 e. The molecule has 0 aromatic rings. The monoisotopic (exact) mass is 406 g/mol. The number of hydrogen-bond acceptors (Lipinski definition) is 11. The molecular weight excluding hydrogens is 380 g/mol. The summed E-state index contributed by atoms with van der Waals surface area (Å²) in [5, 5.41) is 60.6. The van der Waals surface area contributed by atoms with Crippen LogP contribution in [0.4, 0.5) is 0 Å². The van der Waals surface area contributed by atoms with Crippen LogP contribution in [0.5, 0.6) is 0 Å². The van der Waals surface area contributed by atoms with Gasteiger partial charge in [-0.15, -0.1) is 0 Å². The van der Waals surface area contributed by atoms with Crippen LogP contribution in [0.2, 0.25) is 0 Å². The fourth-order valence-electron chi connectivity index (χ4n) is 4.25. The van der Waals surface area contributed by atoms with Gasteiger partial charge < -0.3 is 49.6 Å². The van der Waals surface area contributed by atoms with E-state index in [1.807, 2.05) is 0 Å². The van der Waals surface area contributed by atoms with Crippen molar-refractivity contribution in [2.75, 3.05) is 6.61 Å². The third-order valence-electron chi connectivity index (χ3n) is 5.60. The molecule has 0 radical (unpaired) electrons. The molecule has 1 aliphatic carbocycles. The third-order valence-corrected chi connectivity index (χ3v) is 5.60. The number of rotatable bonds is 4. The molecule has 11 heteroatoms. The first-order chi connectivity index (χ1) is 13.0. The number of fused-ring (bicyclic) bond motifs is 1. The predicted octanol–water partition coefficient (Wildman–Crippen LogP) is -2.89. The first-order valence-electron chi connectivity index (χ1n) is 8.92. The zero-order valence-electron chi connectivity index (χ0n) is 15.4. The Hall–Kier alpha value is -1.31. The highest BCUT2D eigenvalue weighted by atomic mass is 16.8. The molecule has 0 spiro atoms. The molecule has 160 valence electrons. The Balaban J connectivity index is 1.87. The van der Waals surface area contributed by atoms with Gasteiger partial charge in [0.05, 0.1) is 24.9 Å². The fourth-order valence-corrected chi connectivity index (χ4v) is 4.25. The van der Waals surface area contributed by atoms with E-state index in [-0.39, 0.29) is 6.42 Å². The van der Waals surface area contributed by atoms with Crippen LogP contribution >= 0.6 is 0 Å². The standard InChI is InChI=1S/C17H26O11/c1-7(19)28-16(2)5-9(20)17(24)3-4-25-15(13(16)17)27-14-12(23)11(22)10(21)8(6-18)26-14/h3-4,8-15,18,20-24H,5-6H2,1-2H3/t8-,9?,10-,11+,12-,13+,14-,15+,16+,17?/m1/s1. The van der Waals surface area contributed by atoms with Crippen LogP contribution < -0.4 is 0 Å². The first kappa shape index (κ1) is 21.4. The van der Waals surface area contributed by atoms with Crippen molar-refractivity contribution >= 4 is 5.97 Å². The van der Waals surface area contributed by atoms with Crippen molar-refractivity contribution in [2.24, 2.45) is 5.92 Å². The summed E-state index contributed by atoms with van der Waals surface area (Å²) in [4.78, 5) is 11.6. The van der Waals surface area contributed by atoms with Gasteiger partial charge in [0, 0.05) is 13.3 Å². The van der Waals surface area contributed by atoms with Crippen LogP contribution in [0.3, 0.4) is 0 Å². The van der Waals surface area contributed by atoms with Crippen LogP contribution in [-0.2, 0) is 23.7 Å². The third kappa shape index (κ3) is 3.42. The van der Waals surface area contributed by atoms with Gasteiger partial charge in [0.15, 0.2) is 6.29 Å². The van der Waals surface area contributed by atoms with Crippen LogP contribution in [0.1, 0.15) is 20.3 Å². The van der Waals surface area contributed by atoms with Gasteiger partial charge in [-0.05, 0) is 13.0 Å². The fraction of sp³-hybridized carbons (Fsp3) is 0.824. The highest BCUT2D eigenvalue weighted by molar-refractivity contribution is 5.66. The SMILES string of the molecule is CC(=O)O[C@@]1(C)CC(O)C2(O)C=CO[C@@H](O[C@H]3O[C@H](CO)[C@@H](O)[C@H](O)[C@H]3O)[C@H]21. The quantitative estimate of drug-likeness (QED) is 0.264. The van der Waals surface area contributed by atoms with Crippen molar-refractivity contribution in [3.8, 4) is 0 Å². The zero-order chi connectivity index (χ0) is 20.9. The van der Waals surface area contributed by atoms with Gasteiger partial charge >= 0.3 is 5.97 Å². The molecule has 11 nitrogen and oxygen atoms in total. The number of aliphatic hydroxyl groups excluding tert-OH is 5. The molecule has 0 amide bonds. The Kier molecular flexibility index (Phi) is 5.73. The summed E-state index contributed by atoms with van der Waals surface area (Å²) in [7, 11) is 0. The zero-order valence-corrected chi connectivity index (χ0v) is 15.4. The number of carbonyl (C=O) groups is 1. The van der Waals surface area contributed by atoms with Crippen molar-refractivity contribution in [1.82, 2.24) is 0 Å². The number of hydrogen-bond donors (Lipinski definition) is 6. The van der Waals surface area contributed by atoms with Crippen LogP contribution in [0, 0.1) is 5.92 Å². The predicted molar refractivity (Wildman–Crippen MR) is 88.1 cm³/mol. The molecule has 0 bridgehead atoms. The second kappa shape index (κ2) is 7.50. The molecule has 0 aromatic heterocycles. The van der Waals surface area contributed by atoms with E-state index < -0.39 is 72.8 Å². The van der Waals surface area contributed by atoms with Crippen molar-refractivity contribution < 1.29 is 54.4 Å². The van der Waals surface area contributed by atoms with Crippen molar-refractivity contribution in [3.63, 3.8) is 0 Å². The van der Waals surface area contributed by atoms with Gasteiger partial charge in [-0.2, -0.15) is 0 Å². The van der Waals surface area contributed by atoms with Crippen molar-refractivity contribution in [2.45, 2.75) is 74.6 Å². The molecule has 1 saturated carbocycles. The summed E-state index contributed by atoms with van der Waals surface area (Å²) in [5.74, 6) is -1.74. The Morgan fingerprint density at radius 1 is 1.18 bits per heavy atom. The summed E-state index contributed by atoms with van der Waals surface area (Å²) in [6.45, 7) is 2.04. The Morgan fingerprint density at radius 2 is 1.86 bits per heavy atom. The molecule has 3 rings (SSSR count). The summed E-state index contributed by atoms with van der Waals surface area (Å²) in [5.41, 5.74) is -3.22. The minimum absolute atomic E-state index is 0.101. The molecule has 1 saturated heterocycles. The lowest BCUT2D eigenvalue weighted by atomic mass is 9.81. The van der Waals surface area contributed by atoms with Gasteiger partial charge in [-0.25, -0.2) is 0 Å². The lowest BCUT2D eigenvalue weighted by Gasteiger charge is -2.45. The highest BCUT2D eigenvalue weighted by Crippen LogP contribution is 2.51. The van der Waals surface area contributed by atoms with E-state index in [4.69, 9.17) is 18.9 Å². The molecule has 28 heavy (non-hydrogen) atoms. The second-order valence-corrected chi connectivity index (χ2v) is 7.63. The minimum atomic E-state index is -1.85. The van der Waals surface area contributed by atoms with E-state index in [0.29, 0.717) is 0 Å². The molecule has 2 aliphatic heterocycles. The van der Waals surface area contributed by atoms with Crippen molar-refractivity contribution in [1.29, 1.82) is 0 Å². The summed E-state index contributed by atoms with van der Waals surface area (Å²) in [6.07, 6.45) is -8.06. The smallest absolute Gasteiger partial charge is 0.303 e. The average molecular weight is 406 g/mol. The lowest BCUT2D eigenvalue weighted by molar-refractivity contribution is -0.351.